The quantitative estimate of drug-likeness (QED) is 0.0819. The first-order chi connectivity index (χ1) is 25.7. The summed E-state index contributed by atoms with van der Waals surface area (Å²) in [5, 5.41) is 25.9. The lowest BCUT2D eigenvalue weighted by Crippen LogP contribution is -2.55. The van der Waals surface area contributed by atoms with E-state index in [1.807, 2.05) is 91.0 Å². The predicted octanol–water partition coefficient (Wildman–Crippen LogP) is 7.60. The molecule has 1 aliphatic carbocycles. The summed E-state index contributed by atoms with van der Waals surface area (Å²) in [4.78, 5) is 39.5. The van der Waals surface area contributed by atoms with Gasteiger partial charge in [0.05, 0.1) is 23.3 Å². The highest BCUT2D eigenvalue weighted by atomic mass is 32.2. The van der Waals surface area contributed by atoms with Crippen molar-refractivity contribution in [2.24, 2.45) is 5.92 Å². The van der Waals surface area contributed by atoms with E-state index in [2.05, 4.69) is 59.2 Å². The van der Waals surface area contributed by atoms with Crippen LogP contribution < -0.4 is 10.6 Å². The lowest BCUT2D eigenvalue weighted by atomic mass is 9.84. The number of hydrogen-bond acceptors (Lipinski definition) is 6. The first-order valence-corrected chi connectivity index (χ1v) is 18.8. The maximum Gasteiger partial charge on any atom is 0.407 e. The zero-order valence-corrected chi connectivity index (χ0v) is 30.5. The average Bonchev–Trinajstić information content (AvgIpc) is 3.50. The number of nitrogens with one attached hydrogen (secondary N) is 2. The highest BCUT2D eigenvalue weighted by Crippen LogP contribution is 2.49. The fourth-order valence-electron chi connectivity index (χ4n) is 7.22. The van der Waals surface area contributed by atoms with Gasteiger partial charge in [-0.1, -0.05) is 153 Å². The van der Waals surface area contributed by atoms with Gasteiger partial charge in [0, 0.05) is 11.7 Å². The van der Waals surface area contributed by atoms with Crippen LogP contribution in [0.5, 0.6) is 0 Å². The number of carboxylic acid groups (broad SMARTS) is 1. The minimum Gasteiger partial charge on any atom is -0.481 e. The number of carbonyl (C=O) groups excluding carboxylic acids is 2. The number of benzene rings is 5. The molecule has 3 unspecified atom stereocenters. The van der Waals surface area contributed by atoms with Gasteiger partial charge >= 0.3 is 12.1 Å². The molecule has 53 heavy (non-hydrogen) atoms. The van der Waals surface area contributed by atoms with Crippen LogP contribution in [0, 0.1) is 5.92 Å². The van der Waals surface area contributed by atoms with Gasteiger partial charge in [-0.25, -0.2) is 4.79 Å². The minimum atomic E-state index is -1.34. The van der Waals surface area contributed by atoms with Crippen molar-refractivity contribution in [3.8, 4) is 11.1 Å². The number of amides is 2. The van der Waals surface area contributed by atoms with Crippen LogP contribution >= 0.6 is 11.8 Å². The van der Waals surface area contributed by atoms with Crippen molar-refractivity contribution < 1.29 is 29.3 Å². The SMILES string of the molecule is CC(C)C(NC(=O)C(CSC(c1ccccc1)(c1ccccc1)c1ccccc1)NC(=O)OCC1c2ccccc2-c2ccccc21)C(O)CC(=O)O. The van der Waals surface area contributed by atoms with Crippen LogP contribution in [0.15, 0.2) is 140 Å². The zero-order valence-electron chi connectivity index (χ0n) is 29.7. The molecule has 5 aromatic carbocycles. The van der Waals surface area contributed by atoms with E-state index in [4.69, 9.17) is 4.74 Å². The Hall–Kier alpha value is -5.38. The van der Waals surface area contributed by atoms with E-state index in [0.717, 1.165) is 38.9 Å². The molecule has 3 atom stereocenters. The Kier molecular flexibility index (Phi) is 12.0. The Morgan fingerprint density at radius 1 is 0.698 bits per heavy atom. The first-order valence-electron chi connectivity index (χ1n) is 17.8. The molecule has 1 aliphatic rings. The van der Waals surface area contributed by atoms with E-state index in [9.17, 15) is 24.6 Å². The molecule has 0 radical (unpaired) electrons. The van der Waals surface area contributed by atoms with Crippen molar-refractivity contribution in [3.63, 3.8) is 0 Å². The van der Waals surface area contributed by atoms with E-state index in [0.29, 0.717) is 0 Å². The molecule has 0 spiro atoms. The number of carbonyl (C=O) groups is 3. The number of hydrogen-bond donors (Lipinski definition) is 4. The molecule has 0 bridgehead atoms. The maximum absolute atomic E-state index is 14.2. The van der Waals surface area contributed by atoms with Crippen LogP contribution in [0.25, 0.3) is 11.1 Å². The molecule has 8 nitrogen and oxygen atoms in total. The van der Waals surface area contributed by atoms with Gasteiger partial charge in [0.15, 0.2) is 0 Å². The second-order valence-corrected chi connectivity index (χ2v) is 14.8. The summed E-state index contributed by atoms with van der Waals surface area (Å²) in [7, 11) is 0. The van der Waals surface area contributed by atoms with Gasteiger partial charge in [0.2, 0.25) is 5.91 Å². The van der Waals surface area contributed by atoms with Gasteiger partial charge in [-0.3, -0.25) is 9.59 Å². The summed E-state index contributed by atoms with van der Waals surface area (Å²) in [6.45, 7) is 3.66. The zero-order chi connectivity index (χ0) is 37.4. The van der Waals surface area contributed by atoms with Crippen LogP contribution in [0.4, 0.5) is 4.79 Å². The molecular weight excluding hydrogens is 685 g/mol. The van der Waals surface area contributed by atoms with Crippen LogP contribution in [0.3, 0.4) is 0 Å². The molecule has 6 rings (SSSR count). The highest BCUT2D eigenvalue weighted by Gasteiger charge is 2.39. The van der Waals surface area contributed by atoms with E-state index >= 15 is 0 Å². The second-order valence-electron chi connectivity index (χ2n) is 13.6. The number of carboxylic acids is 1. The molecule has 4 N–H and O–H groups in total. The third-order valence-electron chi connectivity index (χ3n) is 9.79. The summed E-state index contributed by atoms with van der Waals surface area (Å²) in [6, 6.07) is 44.2. The molecule has 0 aromatic heterocycles. The standard InChI is InChI=1S/C44H44N2O6S/c1-29(2)41(39(47)26-40(48)49)46-42(50)38(45-43(51)52-27-37-35-24-14-12-22-33(35)34-23-13-15-25-36(34)37)28-53-44(30-16-6-3-7-17-30,31-18-8-4-9-19-31)32-20-10-5-11-21-32/h3-25,29,37-39,41,47H,26-28H2,1-2H3,(H,45,51)(H,46,50)(H,48,49). The number of alkyl carbamates (subject to hydrolysis) is 1. The van der Waals surface area contributed by atoms with Crippen LogP contribution in [-0.2, 0) is 19.1 Å². The summed E-state index contributed by atoms with van der Waals surface area (Å²) < 4.78 is 5.11. The lowest BCUT2D eigenvalue weighted by molar-refractivity contribution is -0.140. The van der Waals surface area contributed by atoms with Crippen LogP contribution in [0.2, 0.25) is 0 Å². The smallest absolute Gasteiger partial charge is 0.407 e. The lowest BCUT2D eigenvalue weighted by Gasteiger charge is -2.37. The molecule has 9 heteroatoms. The highest BCUT2D eigenvalue weighted by molar-refractivity contribution is 8.00. The van der Waals surface area contributed by atoms with Gasteiger partial charge in [-0.15, -0.1) is 11.8 Å². The van der Waals surface area contributed by atoms with Crippen molar-refractivity contribution >= 4 is 29.7 Å². The Labute approximate surface area is 314 Å². The van der Waals surface area contributed by atoms with E-state index in [-0.39, 0.29) is 24.2 Å². The van der Waals surface area contributed by atoms with Crippen molar-refractivity contribution in [1.82, 2.24) is 10.6 Å². The Morgan fingerprint density at radius 3 is 1.60 bits per heavy atom. The number of aliphatic hydroxyl groups is 1. The summed E-state index contributed by atoms with van der Waals surface area (Å²) >= 11 is 1.50. The van der Waals surface area contributed by atoms with Crippen molar-refractivity contribution in [3.05, 3.63) is 167 Å². The van der Waals surface area contributed by atoms with Gasteiger partial charge in [0.1, 0.15) is 12.6 Å². The normalized spacial score (nSPS) is 14.0. The topological polar surface area (TPSA) is 125 Å². The van der Waals surface area contributed by atoms with E-state index in [1.165, 1.54) is 11.8 Å². The number of thioether (sulfide) groups is 1. The molecule has 272 valence electrons. The molecule has 5 aromatic rings. The fraction of sp³-hybridized carbons (Fsp3) is 0.250. The van der Waals surface area contributed by atoms with E-state index in [1.54, 1.807) is 13.8 Å². The van der Waals surface area contributed by atoms with Crippen molar-refractivity contribution in [2.75, 3.05) is 12.4 Å². The summed E-state index contributed by atoms with van der Waals surface area (Å²) in [5.74, 6) is -2.10. The Morgan fingerprint density at radius 2 is 1.15 bits per heavy atom. The third kappa shape index (κ3) is 8.32. The van der Waals surface area contributed by atoms with Crippen molar-refractivity contribution in [2.45, 2.75) is 49.1 Å². The van der Waals surface area contributed by atoms with Gasteiger partial charge in [0.25, 0.3) is 0 Å². The number of aliphatic carboxylic acids is 1. The minimum absolute atomic E-state index is 0.0648. The molecule has 0 saturated carbocycles. The van der Waals surface area contributed by atoms with Crippen molar-refractivity contribution in [1.29, 1.82) is 0 Å². The van der Waals surface area contributed by atoms with Gasteiger partial charge in [-0.05, 0) is 44.9 Å². The third-order valence-corrected chi connectivity index (χ3v) is 11.4. The number of fused-ring (bicyclic) bond motifs is 3. The molecule has 2 amide bonds. The Bertz CT molecular complexity index is 1860. The average molecular weight is 729 g/mol. The van der Waals surface area contributed by atoms with Gasteiger partial charge < -0.3 is 25.6 Å². The monoisotopic (exact) mass is 728 g/mol. The molecular formula is C44H44N2O6S. The Balaban J connectivity index is 1.31. The molecule has 0 saturated heterocycles. The summed E-state index contributed by atoms with van der Waals surface area (Å²) in [5.41, 5.74) is 7.29. The van der Waals surface area contributed by atoms with Crippen LogP contribution in [0.1, 0.15) is 54.0 Å². The fourth-order valence-corrected chi connectivity index (χ4v) is 8.78. The predicted molar refractivity (Wildman–Crippen MR) is 209 cm³/mol. The number of rotatable bonds is 15. The molecule has 0 fully saturated rings. The number of ether oxygens (including phenoxy) is 1. The number of aliphatic hydroxyl groups excluding tert-OH is 1. The van der Waals surface area contributed by atoms with Gasteiger partial charge in [-0.2, -0.15) is 0 Å². The largest absolute Gasteiger partial charge is 0.481 e. The molecule has 0 heterocycles. The molecule has 0 aliphatic heterocycles. The van der Waals surface area contributed by atoms with Crippen LogP contribution in [-0.4, -0.2) is 58.7 Å². The van der Waals surface area contributed by atoms with E-state index < -0.39 is 47.3 Å². The second kappa shape index (κ2) is 17.0. The maximum atomic E-state index is 14.2. The first kappa shape index (κ1) is 37.4. The summed E-state index contributed by atoms with van der Waals surface area (Å²) in [6.07, 6.45) is -2.64.